The van der Waals surface area contributed by atoms with Gasteiger partial charge < -0.3 is 0 Å². The molecule has 2 nitrogen and oxygen atoms in total. The highest BCUT2D eigenvalue weighted by atomic mass is 19.4. The summed E-state index contributed by atoms with van der Waals surface area (Å²) in [6.45, 7) is 0. The van der Waals surface area contributed by atoms with Crippen molar-refractivity contribution in [2.24, 2.45) is 0 Å². The van der Waals surface area contributed by atoms with Gasteiger partial charge in [0.15, 0.2) is 0 Å². The van der Waals surface area contributed by atoms with Crippen LogP contribution in [0, 0.1) is 0 Å². The molecule has 80 valence electrons. The first kappa shape index (κ1) is 10.9. The van der Waals surface area contributed by atoms with Crippen molar-refractivity contribution in [1.82, 2.24) is 9.55 Å². The first-order valence-corrected chi connectivity index (χ1v) is 3.35. The molecule has 0 aliphatic heterocycles. The Labute approximate surface area is 74.2 Å². The van der Waals surface area contributed by atoms with Crippen LogP contribution in [0.5, 0.6) is 0 Å². The van der Waals surface area contributed by atoms with Crippen LogP contribution in [0.1, 0.15) is 5.69 Å². The van der Waals surface area contributed by atoms with Gasteiger partial charge in [-0.3, -0.25) is 0 Å². The van der Waals surface area contributed by atoms with Crippen LogP contribution in [0.25, 0.3) is 0 Å². The van der Waals surface area contributed by atoms with Gasteiger partial charge in [-0.1, -0.05) is 0 Å². The Morgan fingerprint density at radius 1 is 1.14 bits per heavy atom. The minimum Gasteiger partial charge on any atom is -0.245 e. The third-order valence-corrected chi connectivity index (χ3v) is 1.37. The van der Waals surface area contributed by atoms with Gasteiger partial charge in [-0.15, -0.1) is 13.2 Å². The van der Waals surface area contributed by atoms with Crippen LogP contribution in [0.2, 0.25) is 0 Å². The van der Waals surface area contributed by atoms with E-state index < -0.39 is 29.2 Å². The van der Waals surface area contributed by atoms with Gasteiger partial charge in [0, 0.05) is 6.20 Å². The number of alkyl halides is 6. The summed E-state index contributed by atoms with van der Waals surface area (Å²) < 4.78 is 70.9. The molecule has 0 unspecified atom stereocenters. The van der Waals surface area contributed by atoms with E-state index in [1.165, 1.54) is 0 Å². The maximum absolute atomic E-state index is 12.0. The molecule has 0 spiro atoms. The second kappa shape index (κ2) is 3.18. The summed E-state index contributed by atoms with van der Waals surface area (Å²) in [5.41, 5.74) is -0.926. The van der Waals surface area contributed by atoms with Crippen LogP contribution in [-0.2, 0) is 12.7 Å². The maximum Gasteiger partial charge on any atom is 0.489 e. The van der Waals surface area contributed by atoms with Gasteiger partial charge in [0.1, 0.15) is 6.33 Å². The molecule has 1 rings (SSSR count). The number of hydrogen-bond acceptors (Lipinski definition) is 1. The minimum atomic E-state index is -4.86. The van der Waals surface area contributed by atoms with Crippen LogP contribution < -0.4 is 0 Å². The van der Waals surface area contributed by atoms with E-state index >= 15 is 0 Å². The molecule has 0 aliphatic rings. The number of imidazole rings is 1. The quantitative estimate of drug-likeness (QED) is 0.662. The van der Waals surface area contributed by atoms with Crippen molar-refractivity contribution < 1.29 is 26.3 Å². The lowest BCUT2D eigenvalue weighted by molar-refractivity contribution is -0.207. The normalized spacial score (nSPS) is 13.3. The van der Waals surface area contributed by atoms with E-state index in [-0.39, 0.29) is 0 Å². The molecule has 0 aliphatic carbocycles. The lowest BCUT2D eigenvalue weighted by atomic mass is 10.3. The van der Waals surface area contributed by atoms with Gasteiger partial charge in [-0.25, -0.2) is 9.55 Å². The number of aromatic nitrogens is 2. The Hall–Kier alpha value is -1.21. The van der Waals surface area contributed by atoms with Crippen LogP contribution >= 0.6 is 0 Å². The third-order valence-electron chi connectivity index (χ3n) is 1.37. The fraction of sp³-hybridized carbons (Fsp3) is 0.500. The van der Waals surface area contributed by atoms with E-state index in [2.05, 4.69) is 4.98 Å². The summed E-state index contributed by atoms with van der Waals surface area (Å²) in [5, 5.41) is 0. The lowest BCUT2D eigenvalue weighted by Gasteiger charge is -2.12. The number of hydrogen-bond donors (Lipinski definition) is 0. The molecule has 1 aromatic heterocycles. The Kier molecular flexibility index (Phi) is 2.47. The maximum atomic E-state index is 12.0. The van der Waals surface area contributed by atoms with Crippen molar-refractivity contribution in [2.45, 2.75) is 18.9 Å². The summed E-state index contributed by atoms with van der Waals surface area (Å²) in [5.74, 6) is 0. The molecule has 0 saturated heterocycles. The van der Waals surface area contributed by atoms with Crippen LogP contribution in [0.4, 0.5) is 26.3 Å². The summed E-state index contributed by atoms with van der Waals surface area (Å²) in [6, 6.07) is 0. The standard InChI is InChI=1S/C6H4F6N2/c7-5(8,9)1-4-2-13-3-14(4)6(10,11)12/h2-3H,1H2. The first-order chi connectivity index (χ1) is 6.20. The van der Waals surface area contributed by atoms with Crippen LogP contribution in [0.3, 0.4) is 0 Å². The molecular weight excluding hydrogens is 214 g/mol. The van der Waals surface area contributed by atoms with Gasteiger partial charge in [0.2, 0.25) is 0 Å². The number of nitrogens with zero attached hydrogens (tertiary/aromatic N) is 2. The summed E-state index contributed by atoms with van der Waals surface area (Å²) in [6.07, 6.45) is -10.3. The van der Waals surface area contributed by atoms with E-state index in [1.54, 1.807) is 0 Å². The van der Waals surface area contributed by atoms with Crippen LogP contribution in [0.15, 0.2) is 12.5 Å². The van der Waals surface area contributed by atoms with Crippen molar-refractivity contribution in [2.75, 3.05) is 0 Å². The van der Waals surface area contributed by atoms with Crippen molar-refractivity contribution >= 4 is 0 Å². The molecule has 0 radical (unpaired) electrons. The predicted octanol–water partition coefficient (Wildman–Crippen LogP) is 2.46. The SMILES string of the molecule is FC(F)(F)Cc1cncn1C(F)(F)F. The van der Waals surface area contributed by atoms with E-state index in [9.17, 15) is 26.3 Å². The highest BCUT2D eigenvalue weighted by Gasteiger charge is 2.37. The minimum absolute atomic E-state index is 0.307. The average Bonchev–Trinajstić information content (AvgIpc) is 2.29. The fourth-order valence-corrected chi connectivity index (χ4v) is 0.887. The number of halogens is 6. The Balaban J connectivity index is 2.95. The monoisotopic (exact) mass is 218 g/mol. The predicted molar refractivity (Wildman–Crippen MR) is 33.3 cm³/mol. The lowest BCUT2D eigenvalue weighted by Crippen LogP contribution is -2.22. The van der Waals surface area contributed by atoms with E-state index in [4.69, 9.17) is 0 Å². The molecule has 0 amide bonds. The molecule has 0 saturated carbocycles. The second-order valence-electron chi connectivity index (χ2n) is 2.51. The summed E-state index contributed by atoms with van der Waals surface area (Å²) in [4.78, 5) is 3.02. The third kappa shape index (κ3) is 2.64. The van der Waals surface area contributed by atoms with Gasteiger partial charge in [-0.05, 0) is 0 Å². The molecule has 1 heterocycles. The Bertz CT molecular complexity index is 309. The van der Waals surface area contributed by atoms with Crippen molar-refractivity contribution in [3.63, 3.8) is 0 Å². The molecular formula is C6H4F6N2. The highest BCUT2D eigenvalue weighted by Crippen LogP contribution is 2.27. The van der Waals surface area contributed by atoms with Gasteiger partial charge in [-0.2, -0.15) is 13.2 Å². The van der Waals surface area contributed by atoms with Crippen molar-refractivity contribution in [1.29, 1.82) is 0 Å². The summed E-state index contributed by atoms with van der Waals surface area (Å²) >= 11 is 0. The molecule has 0 N–H and O–H groups in total. The largest absolute Gasteiger partial charge is 0.489 e. The van der Waals surface area contributed by atoms with E-state index in [0.29, 0.717) is 12.5 Å². The summed E-state index contributed by atoms with van der Waals surface area (Å²) in [7, 11) is 0. The van der Waals surface area contributed by atoms with Gasteiger partial charge in [0.25, 0.3) is 0 Å². The van der Waals surface area contributed by atoms with Crippen molar-refractivity contribution in [3.8, 4) is 0 Å². The average molecular weight is 218 g/mol. The molecule has 0 fully saturated rings. The smallest absolute Gasteiger partial charge is 0.245 e. The fourth-order valence-electron chi connectivity index (χ4n) is 0.887. The van der Waals surface area contributed by atoms with Crippen LogP contribution in [-0.4, -0.2) is 15.7 Å². The molecule has 1 aromatic rings. The Morgan fingerprint density at radius 3 is 2.14 bits per heavy atom. The highest BCUT2D eigenvalue weighted by molar-refractivity contribution is 5.01. The molecule has 0 bridgehead atoms. The molecule has 14 heavy (non-hydrogen) atoms. The van der Waals surface area contributed by atoms with Gasteiger partial charge in [0.05, 0.1) is 12.1 Å². The zero-order chi connectivity index (χ0) is 11.0. The van der Waals surface area contributed by atoms with E-state index in [1.807, 2.05) is 0 Å². The van der Waals surface area contributed by atoms with Crippen molar-refractivity contribution in [3.05, 3.63) is 18.2 Å². The second-order valence-corrected chi connectivity index (χ2v) is 2.51. The molecule has 8 heteroatoms. The zero-order valence-corrected chi connectivity index (χ0v) is 6.52. The molecule has 0 aromatic carbocycles. The van der Waals surface area contributed by atoms with Gasteiger partial charge >= 0.3 is 12.5 Å². The topological polar surface area (TPSA) is 17.8 Å². The molecule has 0 atom stereocenters. The first-order valence-electron chi connectivity index (χ1n) is 3.35. The zero-order valence-electron chi connectivity index (χ0n) is 6.52. The van der Waals surface area contributed by atoms with E-state index in [0.717, 1.165) is 0 Å². The number of rotatable bonds is 1. The Morgan fingerprint density at radius 2 is 1.71 bits per heavy atom.